The van der Waals surface area contributed by atoms with E-state index in [2.05, 4.69) is 26.5 Å². The summed E-state index contributed by atoms with van der Waals surface area (Å²) in [4.78, 5) is 21.7. The molecular formula is C12H16ClN3O3. The maximum Gasteiger partial charge on any atom is 0.356 e. The second-order valence-electron chi connectivity index (χ2n) is 4.20. The minimum Gasteiger partial charge on any atom is -0.464 e. The number of anilines is 1. The average molecular weight is 286 g/mol. The van der Waals surface area contributed by atoms with Gasteiger partial charge in [-0.1, -0.05) is 6.92 Å². The number of morpholine rings is 1. The van der Waals surface area contributed by atoms with Gasteiger partial charge < -0.3 is 14.4 Å². The van der Waals surface area contributed by atoms with Crippen LogP contribution in [0.2, 0.25) is 5.28 Å². The number of carbonyl (C=O) groups is 1. The third-order valence-corrected chi connectivity index (χ3v) is 3.24. The third kappa shape index (κ3) is 3.13. The van der Waals surface area contributed by atoms with Crippen molar-refractivity contribution >= 4 is 23.4 Å². The van der Waals surface area contributed by atoms with Crippen LogP contribution in [0.1, 0.15) is 23.8 Å². The van der Waals surface area contributed by atoms with Gasteiger partial charge in [0.15, 0.2) is 5.69 Å². The van der Waals surface area contributed by atoms with Gasteiger partial charge in [0.1, 0.15) is 5.82 Å². The van der Waals surface area contributed by atoms with Crippen molar-refractivity contribution in [2.24, 2.45) is 0 Å². The van der Waals surface area contributed by atoms with Gasteiger partial charge in [0.25, 0.3) is 0 Å². The first-order valence-electron chi connectivity index (χ1n) is 6.13. The Labute approximate surface area is 116 Å². The van der Waals surface area contributed by atoms with Gasteiger partial charge in [-0.3, -0.25) is 0 Å². The molecular weight excluding hydrogens is 270 g/mol. The summed E-state index contributed by atoms with van der Waals surface area (Å²) in [6.45, 7) is 4.07. The summed E-state index contributed by atoms with van der Waals surface area (Å²) in [5, 5.41) is 0.0410. The molecule has 0 spiro atoms. The first-order chi connectivity index (χ1) is 9.15. The van der Waals surface area contributed by atoms with E-state index in [1.54, 1.807) is 6.07 Å². The van der Waals surface area contributed by atoms with Gasteiger partial charge in [0.05, 0.1) is 26.4 Å². The number of ether oxygens (including phenoxy) is 2. The molecule has 0 aliphatic carbocycles. The lowest BCUT2D eigenvalue weighted by molar-refractivity contribution is 0.0593. The highest BCUT2D eigenvalue weighted by atomic mass is 35.5. The largest absolute Gasteiger partial charge is 0.464 e. The molecule has 0 saturated carbocycles. The number of hydrogen-bond donors (Lipinski definition) is 0. The predicted molar refractivity (Wildman–Crippen MR) is 70.6 cm³/mol. The Hall–Kier alpha value is -1.40. The fraction of sp³-hybridized carbons (Fsp3) is 0.583. The van der Waals surface area contributed by atoms with Crippen LogP contribution in [0, 0.1) is 0 Å². The van der Waals surface area contributed by atoms with Gasteiger partial charge >= 0.3 is 5.97 Å². The molecule has 0 amide bonds. The van der Waals surface area contributed by atoms with E-state index in [0.717, 1.165) is 6.42 Å². The van der Waals surface area contributed by atoms with E-state index in [9.17, 15) is 4.79 Å². The summed E-state index contributed by atoms with van der Waals surface area (Å²) in [6.07, 6.45) is 0.926. The number of carbonyl (C=O) groups excluding carboxylic acids is 1. The smallest absolute Gasteiger partial charge is 0.356 e. The van der Waals surface area contributed by atoms with E-state index >= 15 is 0 Å². The molecule has 1 saturated heterocycles. The van der Waals surface area contributed by atoms with Crippen molar-refractivity contribution in [2.75, 3.05) is 31.8 Å². The van der Waals surface area contributed by atoms with Crippen LogP contribution in [0.4, 0.5) is 5.82 Å². The summed E-state index contributed by atoms with van der Waals surface area (Å²) in [7, 11) is 1.31. The van der Waals surface area contributed by atoms with Crippen LogP contribution in [-0.4, -0.2) is 48.8 Å². The van der Waals surface area contributed by atoms with E-state index in [4.69, 9.17) is 16.3 Å². The molecule has 1 aromatic rings. The molecule has 0 aromatic carbocycles. The molecule has 1 unspecified atom stereocenters. The Morgan fingerprint density at radius 2 is 2.42 bits per heavy atom. The fourth-order valence-corrected chi connectivity index (χ4v) is 2.23. The normalized spacial score (nSPS) is 19.3. The Bertz CT molecular complexity index is 470. The Morgan fingerprint density at radius 3 is 3.11 bits per heavy atom. The molecule has 2 heterocycles. The molecule has 19 heavy (non-hydrogen) atoms. The molecule has 1 aliphatic heterocycles. The standard InChI is InChI=1S/C12H16ClN3O3/c1-3-8-7-19-5-4-16(8)10-6-9(11(17)18-2)14-12(13)15-10/h6,8H,3-5,7H2,1-2H3. The summed E-state index contributed by atoms with van der Waals surface area (Å²) in [5.74, 6) is 0.113. The van der Waals surface area contributed by atoms with E-state index in [-0.39, 0.29) is 17.0 Å². The van der Waals surface area contributed by atoms with Crippen LogP contribution in [-0.2, 0) is 9.47 Å². The van der Waals surface area contributed by atoms with Crippen molar-refractivity contribution < 1.29 is 14.3 Å². The zero-order valence-corrected chi connectivity index (χ0v) is 11.7. The van der Waals surface area contributed by atoms with Gasteiger partial charge in [-0.05, 0) is 18.0 Å². The summed E-state index contributed by atoms with van der Waals surface area (Å²) >= 11 is 5.87. The molecule has 6 nitrogen and oxygen atoms in total. The zero-order valence-electron chi connectivity index (χ0n) is 10.9. The number of aromatic nitrogens is 2. The first kappa shape index (κ1) is 14.0. The minimum atomic E-state index is -0.521. The van der Waals surface area contributed by atoms with Crippen LogP contribution < -0.4 is 4.90 Å². The first-order valence-corrected chi connectivity index (χ1v) is 6.50. The molecule has 0 bridgehead atoms. The van der Waals surface area contributed by atoms with E-state index in [1.165, 1.54) is 7.11 Å². The summed E-state index contributed by atoms with van der Waals surface area (Å²) in [6, 6.07) is 1.83. The van der Waals surface area contributed by atoms with Crippen molar-refractivity contribution in [3.63, 3.8) is 0 Å². The van der Waals surface area contributed by atoms with Gasteiger partial charge in [-0.25, -0.2) is 14.8 Å². The van der Waals surface area contributed by atoms with Crippen LogP contribution in [0.15, 0.2) is 6.07 Å². The molecule has 2 rings (SSSR count). The molecule has 7 heteroatoms. The molecule has 1 aromatic heterocycles. The van der Waals surface area contributed by atoms with Gasteiger partial charge in [-0.15, -0.1) is 0 Å². The maximum absolute atomic E-state index is 11.5. The zero-order chi connectivity index (χ0) is 13.8. The summed E-state index contributed by atoms with van der Waals surface area (Å²) in [5.41, 5.74) is 0.166. The molecule has 104 valence electrons. The number of nitrogens with zero attached hydrogens (tertiary/aromatic N) is 3. The number of methoxy groups -OCH3 is 1. The molecule has 1 aliphatic rings. The highest BCUT2D eigenvalue weighted by molar-refractivity contribution is 6.28. The highest BCUT2D eigenvalue weighted by Crippen LogP contribution is 2.21. The van der Waals surface area contributed by atoms with E-state index in [0.29, 0.717) is 25.6 Å². The van der Waals surface area contributed by atoms with Crippen molar-refractivity contribution in [3.8, 4) is 0 Å². The second-order valence-corrected chi connectivity index (χ2v) is 4.54. The highest BCUT2D eigenvalue weighted by Gasteiger charge is 2.24. The number of esters is 1. The van der Waals surface area contributed by atoms with E-state index < -0.39 is 5.97 Å². The second kappa shape index (κ2) is 6.16. The lowest BCUT2D eigenvalue weighted by atomic mass is 10.1. The third-order valence-electron chi connectivity index (χ3n) is 3.07. The lowest BCUT2D eigenvalue weighted by Gasteiger charge is -2.36. The van der Waals surface area contributed by atoms with Crippen LogP contribution >= 0.6 is 11.6 Å². The van der Waals surface area contributed by atoms with Crippen molar-refractivity contribution in [3.05, 3.63) is 17.0 Å². The SMILES string of the molecule is CCC1COCCN1c1cc(C(=O)OC)nc(Cl)n1. The van der Waals surface area contributed by atoms with Crippen molar-refractivity contribution in [1.29, 1.82) is 0 Å². The van der Waals surface area contributed by atoms with Gasteiger partial charge in [0.2, 0.25) is 5.28 Å². The number of hydrogen-bond acceptors (Lipinski definition) is 6. The van der Waals surface area contributed by atoms with Crippen LogP contribution in [0.25, 0.3) is 0 Å². The van der Waals surface area contributed by atoms with E-state index in [1.807, 2.05) is 0 Å². The van der Waals surface area contributed by atoms with Gasteiger partial charge in [-0.2, -0.15) is 0 Å². The van der Waals surface area contributed by atoms with Crippen molar-refractivity contribution in [1.82, 2.24) is 9.97 Å². The molecule has 0 N–H and O–H groups in total. The average Bonchev–Trinajstić information content (AvgIpc) is 2.45. The fourth-order valence-electron chi connectivity index (χ4n) is 2.06. The monoisotopic (exact) mass is 285 g/mol. The topological polar surface area (TPSA) is 64.5 Å². The number of halogens is 1. The maximum atomic E-state index is 11.5. The predicted octanol–water partition coefficient (Wildman–Crippen LogP) is 1.53. The summed E-state index contributed by atoms with van der Waals surface area (Å²) < 4.78 is 10.1. The molecule has 0 radical (unpaired) electrons. The Morgan fingerprint density at radius 1 is 1.63 bits per heavy atom. The Kier molecular flexibility index (Phi) is 4.55. The van der Waals surface area contributed by atoms with Crippen LogP contribution in [0.5, 0.6) is 0 Å². The number of rotatable bonds is 3. The molecule has 1 fully saturated rings. The van der Waals surface area contributed by atoms with Gasteiger partial charge in [0, 0.05) is 12.6 Å². The lowest BCUT2D eigenvalue weighted by Crippen LogP contribution is -2.45. The molecule has 1 atom stereocenters. The quantitative estimate of drug-likeness (QED) is 0.620. The van der Waals surface area contributed by atoms with Crippen LogP contribution in [0.3, 0.4) is 0 Å². The van der Waals surface area contributed by atoms with Crippen molar-refractivity contribution in [2.45, 2.75) is 19.4 Å². The minimum absolute atomic E-state index is 0.0410. The Balaban J connectivity index is 2.32.